The largest absolute Gasteiger partial charge is 0.481 e. The molecule has 7 nitrogen and oxygen atoms in total. The Labute approximate surface area is 185 Å². The van der Waals surface area contributed by atoms with Crippen molar-refractivity contribution in [3.8, 4) is 0 Å². The summed E-state index contributed by atoms with van der Waals surface area (Å²) in [6.45, 7) is 9.60. The van der Waals surface area contributed by atoms with Gasteiger partial charge in [0.25, 0.3) is 0 Å². The van der Waals surface area contributed by atoms with Gasteiger partial charge in [0.05, 0.1) is 11.8 Å². The van der Waals surface area contributed by atoms with Crippen LogP contribution in [0.3, 0.4) is 0 Å². The summed E-state index contributed by atoms with van der Waals surface area (Å²) in [6.07, 6.45) is 5.72. The van der Waals surface area contributed by atoms with Crippen LogP contribution >= 0.6 is 0 Å². The van der Waals surface area contributed by atoms with E-state index in [0.717, 1.165) is 25.7 Å². The number of hydrogen-bond acceptors (Lipinski definition) is 4. The lowest BCUT2D eigenvalue weighted by molar-refractivity contribution is -0.150. The molecule has 0 radical (unpaired) electrons. The highest BCUT2D eigenvalue weighted by molar-refractivity contribution is 5.97. The van der Waals surface area contributed by atoms with Crippen molar-refractivity contribution < 1.29 is 19.5 Å². The van der Waals surface area contributed by atoms with E-state index >= 15 is 0 Å². The van der Waals surface area contributed by atoms with E-state index in [2.05, 4.69) is 15.6 Å². The fraction of sp³-hybridized carbons (Fsp3) is 0.667. The lowest BCUT2D eigenvalue weighted by Crippen LogP contribution is -2.54. The number of carboxylic acid groups (broad SMARTS) is 1. The van der Waals surface area contributed by atoms with Crippen LogP contribution in [0.1, 0.15) is 66.7 Å². The molecular formula is C24H37N3O4. The molecule has 1 fully saturated rings. The summed E-state index contributed by atoms with van der Waals surface area (Å²) in [5.74, 6) is -2.48. The summed E-state index contributed by atoms with van der Waals surface area (Å²) in [7, 11) is 0. The molecule has 2 amide bonds. The molecule has 1 aliphatic carbocycles. The van der Waals surface area contributed by atoms with Gasteiger partial charge in [-0.15, -0.1) is 0 Å². The molecule has 0 aromatic carbocycles. The van der Waals surface area contributed by atoms with Crippen molar-refractivity contribution in [3.05, 3.63) is 24.4 Å². The second kappa shape index (κ2) is 10.7. The van der Waals surface area contributed by atoms with Gasteiger partial charge in [0, 0.05) is 6.20 Å². The Bertz CT molecular complexity index is 752. The fourth-order valence-electron chi connectivity index (χ4n) is 4.50. The average Bonchev–Trinajstić information content (AvgIpc) is 3.18. The minimum Gasteiger partial charge on any atom is -0.481 e. The third-order valence-electron chi connectivity index (χ3n) is 6.02. The number of carboxylic acids is 1. The summed E-state index contributed by atoms with van der Waals surface area (Å²) in [4.78, 5) is 42.8. The Hall–Kier alpha value is -2.44. The van der Waals surface area contributed by atoms with Crippen molar-refractivity contribution in [2.45, 2.75) is 72.8 Å². The molecule has 1 aromatic rings. The summed E-state index contributed by atoms with van der Waals surface area (Å²) in [6, 6.07) is 4.38. The summed E-state index contributed by atoms with van der Waals surface area (Å²) in [5.41, 5.74) is -0.566. The van der Waals surface area contributed by atoms with Crippen molar-refractivity contribution in [2.75, 3.05) is 5.32 Å². The lowest BCUT2D eigenvalue weighted by Gasteiger charge is -2.34. The Balaban J connectivity index is 2.26. The molecule has 172 valence electrons. The molecular weight excluding hydrogens is 394 g/mol. The van der Waals surface area contributed by atoms with E-state index in [-0.39, 0.29) is 23.7 Å². The van der Waals surface area contributed by atoms with E-state index in [9.17, 15) is 19.5 Å². The molecule has 0 aliphatic heterocycles. The maximum Gasteiger partial charge on any atom is 0.307 e. The zero-order valence-electron chi connectivity index (χ0n) is 19.4. The third kappa shape index (κ3) is 7.04. The minimum atomic E-state index is -0.919. The predicted octanol–water partition coefficient (Wildman–Crippen LogP) is 4.10. The van der Waals surface area contributed by atoms with Crippen LogP contribution in [-0.2, 0) is 14.4 Å². The molecule has 7 heteroatoms. The van der Waals surface area contributed by atoms with Gasteiger partial charge in [-0.25, -0.2) is 4.98 Å². The van der Waals surface area contributed by atoms with Crippen LogP contribution < -0.4 is 10.6 Å². The van der Waals surface area contributed by atoms with E-state index in [0.29, 0.717) is 12.2 Å². The second-order valence-electron chi connectivity index (χ2n) is 10.2. The number of nitrogens with one attached hydrogen (secondary N) is 2. The van der Waals surface area contributed by atoms with Gasteiger partial charge in [-0.3, -0.25) is 14.4 Å². The molecule has 1 heterocycles. The number of carbonyl (C=O) groups excluding carboxylic acids is 2. The number of anilines is 1. The molecule has 1 unspecified atom stereocenters. The van der Waals surface area contributed by atoms with E-state index in [1.807, 2.05) is 34.6 Å². The van der Waals surface area contributed by atoms with E-state index in [1.54, 1.807) is 24.4 Å². The van der Waals surface area contributed by atoms with Crippen LogP contribution in [0.25, 0.3) is 0 Å². The number of amides is 2. The van der Waals surface area contributed by atoms with Gasteiger partial charge in [-0.2, -0.15) is 0 Å². The monoisotopic (exact) mass is 431 g/mol. The molecule has 0 saturated heterocycles. The SMILES string of the molecule is CC(C)C[C@@H](C(=O)NC(C(=O)Nc1ccccn1)C(C)(C)C)[C@@H](C(=O)O)C1CCCC1. The maximum absolute atomic E-state index is 13.4. The predicted molar refractivity (Wildman–Crippen MR) is 120 cm³/mol. The summed E-state index contributed by atoms with van der Waals surface area (Å²) in [5, 5.41) is 15.7. The number of carbonyl (C=O) groups is 3. The highest BCUT2D eigenvalue weighted by Crippen LogP contribution is 2.38. The highest BCUT2D eigenvalue weighted by Gasteiger charge is 2.43. The Kier molecular flexibility index (Phi) is 8.60. The van der Waals surface area contributed by atoms with Crippen molar-refractivity contribution in [2.24, 2.45) is 29.1 Å². The smallest absolute Gasteiger partial charge is 0.307 e. The lowest BCUT2D eigenvalue weighted by atomic mass is 9.75. The van der Waals surface area contributed by atoms with E-state index < -0.39 is 29.3 Å². The van der Waals surface area contributed by atoms with Gasteiger partial charge in [-0.05, 0) is 48.6 Å². The zero-order valence-corrected chi connectivity index (χ0v) is 19.4. The molecule has 3 atom stereocenters. The molecule has 1 aliphatic rings. The highest BCUT2D eigenvalue weighted by atomic mass is 16.4. The first-order valence-corrected chi connectivity index (χ1v) is 11.3. The molecule has 1 saturated carbocycles. The fourth-order valence-corrected chi connectivity index (χ4v) is 4.50. The first-order chi connectivity index (χ1) is 14.5. The number of pyridine rings is 1. The molecule has 31 heavy (non-hydrogen) atoms. The minimum absolute atomic E-state index is 0.00225. The standard InChI is InChI=1S/C24H37N3O4/c1-15(2)14-17(19(23(30)31)16-10-6-7-11-16)21(28)27-20(24(3,4)5)22(29)26-18-12-8-9-13-25-18/h8-9,12-13,15-17,19-20H,6-7,10-11,14H2,1-5H3,(H,27,28)(H,30,31)(H,25,26,29)/t17-,19+,20?/m1/s1. The van der Waals surface area contributed by atoms with E-state index in [1.165, 1.54) is 0 Å². The zero-order chi connectivity index (χ0) is 23.2. The summed E-state index contributed by atoms with van der Waals surface area (Å²) >= 11 is 0. The number of nitrogens with zero attached hydrogens (tertiary/aromatic N) is 1. The third-order valence-corrected chi connectivity index (χ3v) is 6.02. The van der Waals surface area contributed by atoms with E-state index in [4.69, 9.17) is 0 Å². The van der Waals surface area contributed by atoms with Gasteiger partial charge in [0.1, 0.15) is 11.9 Å². The maximum atomic E-state index is 13.4. The topological polar surface area (TPSA) is 108 Å². The normalized spacial score (nSPS) is 17.7. The van der Waals surface area contributed by atoms with Crippen LogP contribution in [0.5, 0.6) is 0 Å². The molecule has 0 bridgehead atoms. The van der Waals surface area contributed by atoms with Crippen molar-refractivity contribution >= 4 is 23.6 Å². The van der Waals surface area contributed by atoms with Gasteiger partial charge in [0.2, 0.25) is 11.8 Å². The number of hydrogen-bond donors (Lipinski definition) is 3. The Morgan fingerprint density at radius 1 is 1.13 bits per heavy atom. The summed E-state index contributed by atoms with van der Waals surface area (Å²) < 4.78 is 0. The molecule has 2 rings (SSSR count). The molecule has 1 aromatic heterocycles. The van der Waals surface area contributed by atoms with Crippen molar-refractivity contribution in [1.82, 2.24) is 10.3 Å². The van der Waals surface area contributed by atoms with Crippen LogP contribution in [0, 0.1) is 29.1 Å². The van der Waals surface area contributed by atoms with Gasteiger partial charge in [0.15, 0.2) is 0 Å². The van der Waals surface area contributed by atoms with Crippen LogP contribution in [-0.4, -0.2) is 33.9 Å². The van der Waals surface area contributed by atoms with Gasteiger partial charge >= 0.3 is 5.97 Å². The van der Waals surface area contributed by atoms with Gasteiger partial charge < -0.3 is 15.7 Å². The van der Waals surface area contributed by atoms with Crippen molar-refractivity contribution in [1.29, 1.82) is 0 Å². The first-order valence-electron chi connectivity index (χ1n) is 11.3. The quantitative estimate of drug-likeness (QED) is 0.545. The molecule has 0 spiro atoms. The molecule has 3 N–H and O–H groups in total. The van der Waals surface area contributed by atoms with Crippen LogP contribution in [0.15, 0.2) is 24.4 Å². The van der Waals surface area contributed by atoms with Crippen LogP contribution in [0.4, 0.5) is 5.82 Å². The number of aromatic nitrogens is 1. The average molecular weight is 432 g/mol. The van der Waals surface area contributed by atoms with Gasteiger partial charge in [-0.1, -0.05) is 53.5 Å². The number of aliphatic carboxylic acids is 1. The second-order valence-corrected chi connectivity index (χ2v) is 10.2. The Morgan fingerprint density at radius 3 is 2.26 bits per heavy atom. The number of rotatable bonds is 9. The van der Waals surface area contributed by atoms with Crippen molar-refractivity contribution in [3.63, 3.8) is 0 Å². The Morgan fingerprint density at radius 2 is 1.77 bits per heavy atom. The first kappa shape index (κ1) is 24.8. The van der Waals surface area contributed by atoms with Crippen LogP contribution in [0.2, 0.25) is 0 Å².